The fourth-order valence-electron chi connectivity index (χ4n) is 1.21. The molecule has 0 saturated heterocycles. The van der Waals surface area contributed by atoms with E-state index in [-0.39, 0.29) is 0 Å². The molecule has 0 aromatic rings. The number of hydrogen-bond donors (Lipinski definition) is 0. The van der Waals surface area contributed by atoms with Crippen LogP contribution in [-0.2, 0) is 0 Å². The van der Waals surface area contributed by atoms with E-state index in [1.807, 2.05) is 0 Å². The summed E-state index contributed by atoms with van der Waals surface area (Å²) in [6, 6.07) is 0. The van der Waals surface area contributed by atoms with Crippen LogP contribution in [0.1, 0.15) is 32.1 Å². The molecule has 1 aliphatic carbocycles. The van der Waals surface area contributed by atoms with Crippen LogP contribution in [0.2, 0.25) is 0 Å². The van der Waals surface area contributed by atoms with Gasteiger partial charge in [-0.2, -0.15) is 0 Å². The molecule has 0 N–H and O–H groups in total. The zero-order valence-electron chi connectivity index (χ0n) is 5.36. The number of halogens is 1. The summed E-state index contributed by atoms with van der Waals surface area (Å²) in [7, 11) is 0. The lowest BCUT2D eigenvalue weighted by Crippen LogP contribution is -2.19. The molecule has 50 valence electrons. The third-order valence-electron chi connectivity index (χ3n) is 1.82. The monoisotopic (exact) mass is 143 g/mol. The average molecular weight is 144 g/mol. The molecular weight excluding hydrogens is 134 g/mol. The molecule has 1 rings (SSSR count). The Morgan fingerprint density at radius 1 is 1.22 bits per heavy atom. The highest BCUT2D eigenvalue weighted by atomic mass is 35.5. The van der Waals surface area contributed by atoms with Crippen LogP contribution in [0.4, 0.5) is 0 Å². The third kappa shape index (κ3) is 1.59. The van der Waals surface area contributed by atoms with Crippen LogP contribution in [0.5, 0.6) is 0 Å². The van der Waals surface area contributed by atoms with Crippen LogP contribution in [0.15, 0.2) is 0 Å². The lowest BCUT2D eigenvalue weighted by atomic mass is 9.95. The Labute approximate surface area is 60.8 Å². The lowest BCUT2D eigenvalue weighted by Gasteiger charge is -2.18. The van der Waals surface area contributed by atoms with Gasteiger partial charge < -0.3 is 0 Å². The maximum Gasteiger partial charge on any atom is 0.305 e. The Kier molecular flexibility index (Phi) is 1.97. The predicted octanol–water partition coefficient (Wildman–Crippen LogP) is 2.80. The first-order valence-corrected chi connectivity index (χ1v) is 3.72. The van der Waals surface area contributed by atoms with E-state index in [1.54, 1.807) is 0 Å². The molecule has 1 saturated carbocycles. The first kappa shape index (κ1) is 6.89. The second-order valence-electron chi connectivity index (χ2n) is 2.59. The van der Waals surface area contributed by atoms with Crippen LogP contribution in [0, 0.1) is 6.57 Å². The molecule has 0 aromatic carbocycles. The largest absolute Gasteiger partial charge is 0.305 e. The maximum atomic E-state index is 6.79. The summed E-state index contributed by atoms with van der Waals surface area (Å²) in [5, 5.41) is 0. The Bertz CT molecular complexity index is 130. The second kappa shape index (κ2) is 2.58. The van der Waals surface area contributed by atoms with Gasteiger partial charge in [-0.1, -0.05) is 6.42 Å². The minimum absolute atomic E-state index is 0.516. The second-order valence-corrected chi connectivity index (χ2v) is 3.29. The standard InChI is InChI=1S/C7H10ClN/c1-9-7(8)5-3-2-4-6-7/h2-6H2. The highest BCUT2D eigenvalue weighted by Gasteiger charge is 2.34. The summed E-state index contributed by atoms with van der Waals surface area (Å²) >= 11 is 5.91. The highest BCUT2D eigenvalue weighted by molar-refractivity contribution is 6.24. The molecule has 0 aromatic heterocycles. The van der Waals surface area contributed by atoms with Crippen molar-refractivity contribution in [2.75, 3.05) is 0 Å². The van der Waals surface area contributed by atoms with Crippen LogP contribution < -0.4 is 0 Å². The van der Waals surface area contributed by atoms with Crippen molar-refractivity contribution in [2.24, 2.45) is 0 Å². The molecule has 0 amide bonds. The molecule has 0 spiro atoms. The molecular formula is C7H10ClN. The molecule has 0 bridgehead atoms. The van der Waals surface area contributed by atoms with Crippen molar-refractivity contribution in [1.29, 1.82) is 0 Å². The van der Waals surface area contributed by atoms with Crippen molar-refractivity contribution >= 4 is 11.6 Å². The van der Waals surface area contributed by atoms with Gasteiger partial charge in [0.25, 0.3) is 0 Å². The van der Waals surface area contributed by atoms with Gasteiger partial charge in [0.05, 0.1) is 0 Å². The molecule has 0 heterocycles. The molecule has 0 atom stereocenters. The molecule has 1 nitrogen and oxygen atoms in total. The van der Waals surface area contributed by atoms with Gasteiger partial charge in [-0.3, -0.25) is 4.85 Å². The van der Waals surface area contributed by atoms with Crippen molar-refractivity contribution < 1.29 is 0 Å². The predicted molar refractivity (Wildman–Crippen MR) is 38.3 cm³/mol. The zero-order valence-corrected chi connectivity index (χ0v) is 6.12. The highest BCUT2D eigenvalue weighted by Crippen LogP contribution is 2.34. The minimum Gasteiger partial charge on any atom is -0.293 e. The van der Waals surface area contributed by atoms with Gasteiger partial charge in [-0.15, -0.1) is 0 Å². The summed E-state index contributed by atoms with van der Waals surface area (Å²) < 4.78 is 0. The summed E-state index contributed by atoms with van der Waals surface area (Å²) in [5.74, 6) is 0. The zero-order chi connectivity index (χ0) is 6.74. The molecule has 1 aliphatic rings. The van der Waals surface area contributed by atoms with Gasteiger partial charge in [0.15, 0.2) is 0 Å². The van der Waals surface area contributed by atoms with Crippen LogP contribution in [-0.4, -0.2) is 5.00 Å². The van der Waals surface area contributed by atoms with E-state index in [4.69, 9.17) is 18.2 Å². The van der Waals surface area contributed by atoms with E-state index in [1.165, 1.54) is 6.42 Å². The fraction of sp³-hybridized carbons (Fsp3) is 0.857. The van der Waals surface area contributed by atoms with Gasteiger partial charge in [-0.25, -0.2) is 6.57 Å². The van der Waals surface area contributed by atoms with Gasteiger partial charge >= 0.3 is 5.00 Å². The van der Waals surface area contributed by atoms with Crippen LogP contribution >= 0.6 is 11.6 Å². The summed E-state index contributed by atoms with van der Waals surface area (Å²) in [6.45, 7) is 6.79. The average Bonchev–Trinajstić information content (AvgIpc) is 1.90. The Hall–Kier alpha value is -0.220. The van der Waals surface area contributed by atoms with Crippen molar-refractivity contribution in [3.63, 3.8) is 0 Å². The molecule has 0 radical (unpaired) electrons. The molecule has 0 aliphatic heterocycles. The first-order chi connectivity index (χ1) is 4.27. The summed E-state index contributed by atoms with van der Waals surface area (Å²) in [5.41, 5.74) is 0. The summed E-state index contributed by atoms with van der Waals surface area (Å²) in [6.07, 6.45) is 5.29. The van der Waals surface area contributed by atoms with E-state index < -0.39 is 5.00 Å². The molecule has 9 heavy (non-hydrogen) atoms. The van der Waals surface area contributed by atoms with Crippen molar-refractivity contribution in [2.45, 2.75) is 37.1 Å². The van der Waals surface area contributed by atoms with Crippen LogP contribution in [0.25, 0.3) is 4.85 Å². The Morgan fingerprint density at radius 3 is 2.11 bits per heavy atom. The van der Waals surface area contributed by atoms with Gasteiger partial charge in [0.1, 0.15) is 0 Å². The normalized spacial score (nSPS) is 24.9. The topological polar surface area (TPSA) is 4.36 Å². The Morgan fingerprint density at radius 2 is 1.78 bits per heavy atom. The lowest BCUT2D eigenvalue weighted by molar-refractivity contribution is 0.443. The van der Waals surface area contributed by atoms with Gasteiger partial charge in [-0.05, 0) is 24.4 Å². The van der Waals surface area contributed by atoms with Crippen molar-refractivity contribution in [1.82, 2.24) is 0 Å². The first-order valence-electron chi connectivity index (χ1n) is 3.34. The molecule has 0 unspecified atom stereocenters. The van der Waals surface area contributed by atoms with Crippen molar-refractivity contribution in [3.05, 3.63) is 11.4 Å². The number of rotatable bonds is 0. The Balaban J connectivity index is 2.49. The smallest absolute Gasteiger partial charge is 0.293 e. The minimum atomic E-state index is -0.516. The SMILES string of the molecule is [C-]#[N+]C1(Cl)CCCCC1. The maximum absolute atomic E-state index is 6.79. The third-order valence-corrected chi connectivity index (χ3v) is 2.28. The van der Waals surface area contributed by atoms with Crippen molar-refractivity contribution in [3.8, 4) is 0 Å². The number of nitrogens with zero attached hydrogens (tertiary/aromatic N) is 1. The van der Waals surface area contributed by atoms with E-state index in [0.29, 0.717) is 0 Å². The van der Waals surface area contributed by atoms with Crippen LogP contribution in [0.3, 0.4) is 0 Å². The summed E-state index contributed by atoms with van der Waals surface area (Å²) in [4.78, 5) is 2.88. The van der Waals surface area contributed by atoms with E-state index in [9.17, 15) is 0 Å². The van der Waals surface area contributed by atoms with Gasteiger partial charge in [0, 0.05) is 12.8 Å². The van der Waals surface area contributed by atoms with E-state index in [0.717, 1.165) is 25.7 Å². The van der Waals surface area contributed by atoms with Gasteiger partial charge in [0.2, 0.25) is 0 Å². The van der Waals surface area contributed by atoms with E-state index in [2.05, 4.69) is 4.85 Å². The molecule has 2 heteroatoms. The van der Waals surface area contributed by atoms with E-state index >= 15 is 0 Å². The quantitative estimate of drug-likeness (QED) is 0.279. The number of alkyl halides is 1. The fourth-order valence-corrected chi connectivity index (χ4v) is 1.47. The molecule has 1 fully saturated rings. The number of hydrogen-bond acceptors (Lipinski definition) is 0.